The predicted molar refractivity (Wildman–Crippen MR) is 70.6 cm³/mol. The normalized spacial score (nSPS) is 10.5. The molecule has 0 unspecified atom stereocenters. The fourth-order valence-corrected chi connectivity index (χ4v) is 2.99. The standard InChI is InChI=1S/C13H13NO2S/c1-7-4-3-5-8(2)11(7)10-6-9(14)12(17-10)13(15)16/h3-6H,14H2,1-2H3,(H,15,16). The van der Waals surface area contributed by atoms with Crippen molar-refractivity contribution in [1.82, 2.24) is 0 Å². The maximum absolute atomic E-state index is 11.0. The van der Waals surface area contributed by atoms with E-state index in [9.17, 15) is 4.79 Å². The quantitative estimate of drug-likeness (QED) is 0.855. The maximum Gasteiger partial charge on any atom is 0.348 e. The molecule has 0 amide bonds. The molecule has 1 aromatic heterocycles. The van der Waals surface area contributed by atoms with Gasteiger partial charge in [-0.15, -0.1) is 11.3 Å². The third-order valence-electron chi connectivity index (χ3n) is 2.68. The molecule has 0 bridgehead atoms. The molecule has 0 aliphatic carbocycles. The van der Waals surface area contributed by atoms with E-state index in [0.717, 1.165) is 21.6 Å². The molecule has 1 heterocycles. The van der Waals surface area contributed by atoms with E-state index in [1.807, 2.05) is 32.0 Å². The number of aryl methyl sites for hydroxylation is 2. The second-order valence-electron chi connectivity index (χ2n) is 3.97. The third-order valence-corrected chi connectivity index (χ3v) is 3.84. The van der Waals surface area contributed by atoms with Crippen LogP contribution in [0.5, 0.6) is 0 Å². The van der Waals surface area contributed by atoms with Gasteiger partial charge in [-0.2, -0.15) is 0 Å². The Kier molecular flexibility index (Phi) is 2.90. The number of anilines is 1. The molecule has 2 aromatic rings. The Balaban J connectivity index is 2.62. The molecule has 0 radical (unpaired) electrons. The van der Waals surface area contributed by atoms with Gasteiger partial charge in [0.25, 0.3) is 0 Å². The molecule has 0 saturated heterocycles. The summed E-state index contributed by atoms with van der Waals surface area (Å²) in [6.07, 6.45) is 0. The highest BCUT2D eigenvalue weighted by Gasteiger charge is 2.16. The zero-order valence-electron chi connectivity index (χ0n) is 9.65. The third kappa shape index (κ3) is 2.03. The van der Waals surface area contributed by atoms with E-state index in [1.54, 1.807) is 6.07 Å². The van der Waals surface area contributed by atoms with Crippen LogP contribution in [-0.4, -0.2) is 11.1 Å². The van der Waals surface area contributed by atoms with E-state index in [2.05, 4.69) is 0 Å². The molecule has 2 rings (SSSR count). The van der Waals surface area contributed by atoms with Gasteiger partial charge in [-0.25, -0.2) is 4.79 Å². The smallest absolute Gasteiger partial charge is 0.348 e. The number of carboxylic acids is 1. The number of nitrogens with two attached hydrogens (primary N) is 1. The molecule has 88 valence electrons. The van der Waals surface area contributed by atoms with Crippen molar-refractivity contribution in [2.75, 3.05) is 5.73 Å². The Labute approximate surface area is 104 Å². The lowest BCUT2D eigenvalue weighted by Crippen LogP contribution is -1.96. The zero-order valence-corrected chi connectivity index (χ0v) is 10.5. The number of rotatable bonds is 2. The van der Waals surface area contributed by atoms with E-state index in [1.165, 1.54) is 11.3 Å². The van der Waals surface area contributed by atoms with Gasteiger partial charge in [-0.05, 0) is 36.6 Å². The van der Waals surface area contributed by atoms with Gasteiger partial charge in [0.2, 0.25) is 0 Å². The number of carboxylic acid groups (broad SMARTS) is 1. The number of benzene rings is 1. The van der Waals surface area contributed by atoms with Crippen LogP contribution in [-0.2, 0) is 0 Å². The average Bonchev–Trinajstić information content (AvgIpc) is 2.60. The van der Waals surface area contributed by atoms with Crippen LogP contribution in [0.1, 0.15) is 20.8 Å². The van der Waals surface area contributed by atoms with Crippen LogP contribution in [0, 0.1) is 13.8 Å². The summed E-state index contributed by atoms with van der Waals surface area (Å²) < 4.78 is 0. The number of carbonyl (C=O) groups is 1. The van der Waals surface area contributed by atoms with E-state index >= 15 is 0 Å². The summed E-state index contributed by atoms with van der Waals surface area (Å²) in [4.78, 5) is 12.1. The number of thiophene rings is 1. The van der Waals surface area contributed by atoms with Crippen LogP contribution in [0.2, 0.25) is 0 Å². The van der Waals surface area contributed by atoms with E-state index in [0.29, 0.717) is 5.69 Å². The summed E-state index contributed by atoms with van der Waals surface area (Å²) >= 11 is 1.22. The molecule has 1 aromatic carbocycles. The summed E-state index contributed by atoms with van der Waals surface area (Å²) in [6, 6.07) is 7.75. The lowest BCUT2D eigenvalue weighted by Gasteiger charge is -2.06. The summed E-state index contributed by atoms with van der Waals surface area (Å²) in [6.45, 7) is 4.03. The van der Waals surface area contributed by atoms with E-state index in [4.69, 9.17) is 10.8 Å². The van der Waals surface area contributed by atoms with Gasteiger partial charge < -0.3 is 10.8 Å². The fraction of sp³-hybridized carbons (Fsp3) is 0.154. The topological polar surface area (TPSA) is 63.3 Å². The Bertz CT molecular complexity index is 567. The molecule has 17 heavy (non-hydrogen) atoms. The highest BCUT2D eigenvalue weighted by atomic mass is 32.1. The van der Waals surface area contributed by atoms with Crippen LogP contribution >= 0.6 is 11.3 Å². The molecule has 0 fully saturated rings. The highest BCUT2D eigenvalue weighted by Crippen LogP contribution is 2.36. The first-order valence-electron chi connectivity index (χ1n) is 5.20. The minimum absolute atomic E-state index is 0.211. The van der Waals surface area contributed by atoms with Crippen LogP contribution in [0.4, 0.5) is 5.69 Å². The van der Waals surface area contributed by atoms with Crippen LogP contribution < -0.4 is 5.73 Å². The Morgan fingerprint density at radius 3 is 2.35 bits per heavy atom. The fourth-order valence-electron chi connectivity index (χ4n) is 1.90. The molecular formula is C13H13NO2S. The first-order valence-corrected chi connectivity index (χ1v) is 6.01. The van der Waals surface area contributed by atoms with Crippen molar-refractivity contribution < 1.29 is 9.90 Å². The van der Waals surface area contributed by atoms with Crippen molar-refractivity contribution >= 4 is 23.0 Å². The molecule has 0 spiro atoms. The van der Waals surface area contributed by atoms with Gasteiger partial charge >= 0.3 is 5.97 Å². The molecule has 0 aliphatic heterocycles. The predicted octanol–water partition coefficient (Wildman–Crippen LogP) is 3.31. The van der Waals surface area contributed by atoms with Crippen molar-refractivity contribution in [3.8, 4) is 10.4 Å². The summed E-state index contributed by atoms with van der Waals surface area (Å²) in [5.41, 5.74) is 9.38. The molecule has 4 heteroatoms. The van der Waals surface area contributed by atoms with Crippen molar-refractivity contribution in [1.29, 1.82) is 0 Å². The molecule has 3 nitrogen and oxygen atoms in total. The average molecular weight is 247 g/mol. The minimum Gasteiger partial charge on any atom is -0.477 e. The van der Waals surface area contributed by atoms with Crippen LogP contribution in [0.25, 0.3) is 10.4 Å². The Morgan fingerprint density at radius 2 is 1.88 bits per heavy atom. The molecule has 3 N–H and O–H groups in total. The number of hydrogen-bond acceptors (Lipinski definition) is 3. The first kappa shape index (κ1) is 11.7. The van der Waals surface area contributed by atoms with Gasteiger partial charge in [0.15, 0.2) is 0 Å². The van der Waals surface area contributed by atoms with Crippen molar-refractivity contribution in [2.45, 2.75) is 13.8 Å². The van der Waals surface area contributed by atoms with Crippen molar-refractivity contribution in [2.24, 2.45) is 0 Å². The van der Waals surface area contributed by atoms with Crippen molar-refractivity contribution in [3.63, 3.8) is 0 Å². The molecule has 0 aliphatic rings. The summed E-state index contributed by atoms with van der Waals surface area (Å²) in [5.74, 6) is -0.968. The lowest BCUT2D eigenvalue weighted by molar-refractivity contribution is 0.0703. The molecular weight excluding hydrogens is 234 g/mol. The largest absolute Gasteiger partial charge is 0.477 e. The zero-order chi connectivity index (χ0) is 12.6. The van der Waals surface area contributed by atoms with Gasteiger partial charge in [-0.3, -0.25) is 0 Å². The Hall–Kier alpha value is -1.81. The molecule has 0 saturated carbocycles. The lowest BCUT2D eigenvalue weighted by atomic mass is 10.0. The summed E-state index contributed by atoms with van der Waals surface area (Å²) in [7, 11) is 0. The van der Waals surface area contributed by atoms with Gasteiger partial charge in [0.05, 0.1) is 5.69 Å². The number of nitrogen functional groups attached to an aromatic ring is 1. The van der Waals surface area contributed by atoms with E-state index < -0.39 is 5.97 Å². The number of hydrogen-bond donors (Lipinski definition) is 2. The van der Waals surface area contributed by atoms with Crippen LogP contribution in [0.3, 0.4) is 0 Å². The highest BCUT2D eigenvalue weighted by molar-refractivity contribution is 7.18. The van der Waals surface area contributed by atoms with Gasteiger partial charge in [0.1, 0.15) is 4.88 Å². The van der Waals surface area contributed by atoms with Gasteiger partial charge in [-0.1, -0.05) is 18.2 Å². The monoisotopic (exact) mass is 247 g/mol. The second-order valence-corrected chi connectivity index (χ2v) is 5.02. The van der Waals surface area contributed by atoms with Crippen molar-refractivity contribution in [3.05, 3.63) is 40.3 Å². The second kappa shape index (κ2) is 4.22. The maximum atomic E-state index is 11.0. The summed E-state index contributed by atoms with van der Waals surface area (Å²) in [5, 5.41) is 8.99. The number of aromatic carboxylic acids is 1. The first-order chi connectivity index (χ1) is 8.00. The SMILES string of the molecule is Cc1cccc(C)c1-c1cc(N)c(C(=O)O)s1. The minimum atomic E-state index is -0.968. The Morgan fingerprint density at radius 1 is 1.29 bits per heavy atom. The molecule has 0 atom stereocenters. The van der Waals surface area contributed by atoms with E-state index in [-0.39, 0.29) is 4.88 Å². The van der Waals surface area contributed by atoms with Crippen LogP contribution in [0.15, 0.2) is 24.3 Å². The van der Waals surface area contributed by atoms with Gasteiger partial charge in [0, 0.05) is 4.88 Å².